The van der Waals surface area contributed by atoms with Gasteiger partial charge in [0.15, 0.2) is 9.84 Å². The lowest BCUT2D eigenvalue weighted by Crippen LogP contribution is -2.07. The monoisotopic (exact) mass is 312 g/mol. The van der Waals surface area contributed by atoms with Crippen LogP contribution in [0.15, 0.2) is 29.3 Å². The normalized spacial score (nSPS) is 13.3. The number of hydrogen-bond acceptors (Lipinski definition) is 4. The molecule has 1 unspecified atom stereocenters. The van der Waals surface area contributed by atoms with E-state index in [1.807, 2.05) is 0 Å². The van der Waals surface area contributed by atoms with Crippen LogP contribution >= 0.6 is 11.6 Å². The van der Waals surface area contributed by atoms with E-state index >= 15 is 0 Å². The van der Waals surface area contributed by atoms with Gasteiger partial charge in [0.2, 0.25) is 0 Å². The van der Waals surface area contributed by atoms with Crippen molar-refractivity contribution in [2.45, 2.75) is 17.4 Å². The molecule has 1 aromatic carbocycles. The summed E-state index contributed by atoms with van der Waals surface area (Å²) in [4.78, 5) is 0.133. The third-order valence-electron chi connectivity index (χ3n) is 3.05. The average molecular weight is 313 g/mol. The van der Waals surface area contributed by atoms with Crippen molar-refractivity contribution in [1.29, 1.82) is 5.26 Å². The van der Waals surface area contributed by atoms with Crippen LogP contribution in [0.4, 0.5) is 0 Å². The molecular formula is C13H13ClN2O3S. The Morgan fingerprint density at radius 3 is 2.75 bits per heavy atom. The number of sulfone groups is 1. The van der Waals surface area contributed by atoms with Crippen LogP contribution in [-0.4, -0.2) is 31.0 Å². The number of aliphatic hydroxyl groups excluding tert-OH is 1. The van der Waals surface area contributed by atoms with Crippen molar-refractivity contribution in [3.63, 3.8) is 0 Å². The van der Waals surface area contributed by atoms with Crippen molar-refractivity contribution >= 4 is 32.3 Å². The third kappa shape index (κ3) is 2.66. The van der Waals surface area contributed by atoms with Crippen molar-refractivity contribution < 1.29 is 13.5 Å². The summed E-state index contributed by atoms with van der Waals surface area (Å²) in [5.74, 6) is 0. The largest absolute Gasteiger partial charge is 0.396 e. The molecule has 0 radical (unpaired) electrons. The second-order valence-electron chi connectivity index (χ2n) is 4.49. The lowest BCUT2D eigenvalue weighted by atomic mass is 10.2. The zero-order valence-corrected chi connectivity index (χ0v) is 12.3. The van der Waals surface area contributed by atoms with Crippen LogP contribution in [0.2, 0.25) is 5.02 Å². The number of nitrogens with zero attached hydrogens (tertiary/aromatic N) is 2. The zero-order chi connectivity index (χ0) is 14.9. The molecule has 1 aromatic heterocycles. The molecule has 7 heteroatoms. The molecule has 0 amide bonds. The first-order valence-corrected chi connectivity index (χ1v) is 8.16. The van der Waals surface area contributed by atoms with Crippen molar-refractivity contribution in [1.82, 2.24) is 4.57 Å². The Morgan fingerprint density at radius 2 is 2.20 bits per heavy atom. The van der Waals surface area contributed by atoms with Gasteiger partial charge in [0, 0.05) is 35.9 Å². The summed E-state index contributed by atoms with van der Waals surface area (Å²) >= 11 is 5.92. The van der Waals surface area contributed by atoms with Crippen LogP contribution in [0, 0.1) is 11.3 Å². The first-order chi connectivity index (χ1) is 9.38. The number of benzene rings is 1. The number of aliphatic hydroxyl groups is 1. The molecule has 0 saturated carbocycles. The standard InChI is InChI=1S/C13H13ClN2O3S/c1-20(18,19)13-8-16(10(7-15)4-5-17)12-3-2-9(14)6-11(12)13/h2-3,6,8,10,17H,4-5H2,1H3. The fourth-order valence-electron chi connectivity index (χ4n) is 2.14. The van der Waals surface area contributed by atoms with E-state index in [1.54, 1.807) is 22.8 Å². The van der Waals surface area contributed by atoms with E-state index < -0.39 is 15.9 Å². The first kappa shape index (κ1) is 14.9. The fourth-order valence-corrected chi connectivity index (χ4v) is 3.18. The van der Waals surface area contributed by atoms with Crippen LogP contribution in [0.5, 0.6) is 0 Å². The molecule has 0 aliphatic rings. The minimum Gasteiger partial charge on any atom is -0.396 e. The number of aromatic nitrogens is 1. The van der Waals surface area contributed by atoms with Crippen LogP contribution in [0.25, 0.3) is 10.9 Å². The summed E-state index contributed by atoms with van der Waals surface area (Å²) in [6, 6.07) is 6.32. The number of rotatable bonds is 4. The minimum absolute atomic E-state index is 0.133. The van der Waals surface area contributed by atoms with E-state index in [2.05, 4.69) is 6.07 Å². The number of hydrogen-bond donors (Lipinski definition) is 1. The molecule has 1 atom stereocenters. The summed E-state index contributed by atoms with van der Waals surface area (Å²) in [7, 11) is -3.43. The van der Waals surface area contributed by atoms with Crippen LogP contribution in [0.1, 0.15) is 12.5 Å². The average Bonchev–Trinajstić information content (AvgIpc) is 2.74. The highest BCUT2D eigenvalue weighted by Crippen LogP contribution is 2.31. The van der Waals surface area contributed by atoms with Gasteiger partial charge in [0.25, 0.3) is 0 Å². The van der Waals surface area contributed by atoms with E-state index in [0.717, 1.165) is 6.26 Å². The molecule has 5 nitrogen and oxygen atoms in total. The van der Waals surface area contributed by atoms with Gasteiger partial charge in [-0.15, -0.1) is 0 Å². The molecule has 0 spiro atoms. The van der Waals surface area contributed by atoms with E-state index in [4.69, 9.17) is 16.7 Å². The van der Waals surface area contributed by atoms with Crippen molar-refractivity contribution in [2.24, 2.45) is 0 Å². The van der Waals surface area contributed by atoms with Gasteiger partial charge < -0.3 is 9.67 Å². The van der Waals surface area contributed by atoms with Gasteiger partial charge in [0.05, 0.1) is 16.5 Å². The summed E-state index contributed by atoms with van der Waals surface area (Å²) in [6.45, 7) is -0.153. The highest BCUT2D eigenvalue weighted by Gasteiger charge is 2.20. The van der Waals surface area contributed by atoms with E-state index in [0.29, 0.717) is 15.9 Å². The molecule has 0 fully saturated rings. The maximum Gasteiger partial charge on any atom is 0.177 e. The molecule has 1 N–H and O–H groups in total. The Kier molecular flexibility index (Phi) is 4.04. The van der Waals surface area contributed by atoms with Crippen LogP contribution < -0.4 is 0 Å². The Bertz CT molecular complexity index is 790. The van der Waals surface area contributed by atoms with Crippen molar-refractivity contribution in [3.05, 3.63) is 29.4 Å². The second kappa shape index (κ2) is 5.44. The Labute approximate surface area is 121 Å². The highest BCUT2D eigenvalue weighted by atomic mass is 35.5. The fraction of sp³-hybridized carbons (Fsp3) is 0.308. The van der Waals surface area contributed by atoms with Crippen molar-refractivity contribution in [3.8, 4) is 6.07 Å². The van der Waals surface area contributed by atoms with E-state index in [-0.39, 0.29) is 17.9 Å². The predicted molar refractivity (Wildman–Crippen MR) is 76.4 cm³/mol. The summed E-state index contributed by atoms with van der Waals surface area (Å²) < 4.78 is 25.3. The second-order valence-corrected chi connectivity index (χ2v) is 6.91. The molecule has 2 aromatic rings. The SMILES string of the molecule is CS(=O)(=O)c1cn(C(C#N)CCO)c2ccc(Cl)cc12. The molecule has 106 valence electrons. The summed E-state index contributed by atoms with van der Waals surface area (Å²) in [5, 5.41) is 19.1. The molecule has 0 aliphatic heterocycles. The van der Waals surface area contributed by atoms with Gasteiger partial charge in [-0.3, -0.25) is 0 Å². The Morgan fingerprint density at radius 1 is 1.50 bits per heavy atom. The van der Waals surface area contributed by atoms with E-state index in [1.165, 1.54) is 6.20 Å². The topological polar surface area (TPSA) is 83.1 Å². The first-order valence-electron chi connectivity index (χ1n) is 5.89. The maximum absolute atomic E-state index is 11.9. The van der Waals surface area contributed by atoms with Gasteiger partial charge in [-0.1, -0.05) is 11.6 Å². The molecule has 1 heterocycles. The predicted octanol–water partition coefficient (Wildman–Crippen LogP) is 2.15. The zero-order valence-electron chi connectivity index (χ0n) is 10.7. The van der Waals surface area contributed by atoms with Gasteiger partial charge in [-0.25, -0.2) is 8.42 Å². The van der Waals surface area contributed by atoms with Gasteiger partial charge in [-0.2, -0.15) is 5.26 Å². The summed E-state index contributed by atoms with van der Waals surface area (Å²) in [6.07, 6.45) is 2.77. The molecule has 0 aliphatic carbocycles. The smallest absolute Gasteiger partial charge is 0.177 e. The lowest BCUT2D eigenvalue weighted by Gasteiger charge is -2.10. The van der Waals surface area contributed by atoms with Gasteiger partial charge in [-0.05, 0) is 18.2 Å². The lowest BCUT2D eigenvalue weighted by molar-refractivity contribution is 0.272. The summed E-state index contributed by atoms with van der Waals surface area (Å²) in [5.41, 5.74) is 0.606. The molecular weight excluding hydrogens is 300 g/mol. The molecule has 0 saturated heterocycles. The Balaban J connectivity index is 2.78. The molecule has 2 rings (SSSR count). The van der Waals surface area contributed by atoms with Crippen molar-refractivity contribution in [2.75, 3.05) is 12.9 Å². The quantitative estimate of drug-likeness (QED) is 0.937. The maximum atomic E-state index is 11.9. The van der Waals surface area contributed by atoms with Crippen LogP contribution in [0.3, 0.4) is 0 Å². The Hall–Kier alpha value is -1.55. The molecule has 20 heavy (non-hydrogen) atoms. The van der Waals surface area contributed by atoms with E-state index in [9.17, 15) is 13.7 Å². The van der Waals surface area contributed by atoms with Gasteiger partial charge in [0.1, 0.15) is 6.04 Å². The van der Waals surface area contributed by atoms with Crippen LogP contribution in [-0.2, 0) is 9.84 Å². The number of halogens is 1. The third-order valence-corrected chi connectivity index (χ3v) is 4.40. The van der Waals surface area contributed by atoms with Gasteiger partial charge >= 0.3 is 0 Å². The number of fused-ring (bicyclic) bond motifs is 1. The molecule has 0 bridgehead atoms. The highest BCUT2D eigenvalue weighted by molar-refractivity contribution is 7.91. The number of nitriles is 1. The minimum atomic E-state index is -3.43.